The number of pyridine rings is 1. The van der Waals surface area contributed by atoms with Crippen molar-refractivity contribution in [1.82, 2.24) is 14.5 Å². The summed E-state index contributed by atoms with van der Waals surface area (Å²) >= 11 is 0. The van der Waals surface area contributed by atoms with Crippen LogP contribution in [0, 0.1) is 5.92 Å². The van der Waals surface area contributed by atoms with Crippen molar-refractivity contribution in [2.24, 2.45) is 5.92 Å². The van der Waals surface area contributed by atoms with E-state index in [0.29, 0.717) is 0 Å². The Balaban J connectivity index is 1.69. The highest BCUT2D eigenvalue weighted by Gasteiger charge is 2.22. The van der Waals surface area contributed by atoms with E-state index >= 15 is 0 Å². The van der Waals surface area contributed by atoms with E-state index < -0.39 is 0 Å². The number of hydrogen-bond donors (Lipinski definition) is 0. The van der Waals surface area contributed by atoms with Crippen molar-refractivity contribution in [3.63, 3.8) is 0 Å². The van der Waals surface area contributed by atoms with E-state index in [4.69, 9.17) is 9.72 Å². The summed E-state index contributed by atoms with van der Waals surface area (Å²) in [6, 6.07) is 4.17. The molecule has 0 spiro atoms. The summed E-state index contributed by atoms with van der Waals surface area (Å²) < 4.78 is 7.90. The zero-order valence-corrected chi connectivity index (χ0v) is 13.1. The van der Waals surface area contributed by atoms with Gasteiger partial charge in [0.05, 0.1) is 18.7 Å². The molecule has 0 radical (unpaired) electrons. The molecule has 0 atom stereocenters. The van der Waals surface area contributed by atoms with Crippen molar-refractivity contribution >= 4 is 17.1 Å². The fraction of sp³-hybridized carbons (Fsp3) is 0.647. The fourth-order valence-electron chi connectivity index (χ4n) is 3.76. The lowest BCUT2D eigenvalue weighted by atomic mass is 9.89. The van der Waals surface area contributed by atoms with Gasteiger partial charge in [0.1, 0.15) is 0 Å². The van der Waals surface area contributed by atoms with Gasteiger partial charge in [0.2, 0.25) is 5.95 Å². The van der Waals surface area contributed by atoms with Gasteiger partial charge in [-0.3, -0.25) is 0 Å². The average Bonchev–Trinajstić information content (AvgIpc) is 2.95. The highest BCUT2D eigenvalue weighted by atomic mass is 16.5. The molecule has 4 rings (SSSR count). The van der Waals surface area contributed by atoms with Gasteiger partial charge in [-0.2, -0.15) is 4.98 Å². The van der Waals surface area contributed by atoms with Gasteiger partial charge in [-0.15, -0.1) is 0 Å². The predicted molar refractivity (Wildman–Crippen MR) is 87.1 cm³/mol. The minimum Gasteiger partial charge on any atom is -0.378 e. The number of fused-ring (bicyclic) bond motifs is 1. The molecule has 1 saturated carbocycles. The highest BCUT2D eigenvalue weighted by molar-refractivity contribution is 5.74. The molecule has 118 valence electrons. The van der Waals surface area contributed by atoms with E-state index in [1.807, 2.05) is 12.3 Å². The van der Waals surface area contributed by atoms with Crippen LogP contribution in [-0.4, -0.2) is 40.8 Å². The summed E-state index contributed by atoms with van der Waals surface area (Å²) in [4.78, 5) is 11.6. The molecule has 5 heteroatoms. The normalized spacial score (nSPS) is 20.6. The second kappa shape index (κ2) is 6.24. The van der Waals surface area contributed by atoms with Gasteiger partial charge >= 0.3 is 0 Å². The van der Waals surface area contributed by atoms with Gasteiger partial charge in [0, 0.05) is 25.8 Å². The molecule has 0 aromatic carbocycles. The Labute approximate surface area is 131 Å². The van der Waals surface area contributed by atoms with Crippen molar-refractivity contribution in [1.29, 1.82) is 0 Å². The number of nitrogens with zero attached hydrogens (tertiary/aromatic N) is 4. The van der Waals surface area contributed by atoms with Crippen LogP contribution in [0.25, 0.3) is 11.2 Å². The monoisotopic (exact) mass is 300 g/mol. The molecular weight excluding hydrogens is 276 g/mol. The molecule has 0 amide bonds. The first-order valence-corrected chi connectivity index (χ1v) is 8.56. The van der Waals surface area contributed by atoms with E-state index in [-0.39, 0.29) is 0 Å². The molecule has 2 aliphatic rings. The molecular formula is C17H24N4O. The van der Waals surface area contributed by atoms with Crippen LogP contribution in [0.2, 0.25) is 0 Å². The number of aromatic nitrogens is 3. The first kappa shape index (κ1) is 14.0. The van der Waals surface area contributed by atoms with E-state index in [1.165, 1.54) is 37.6 Å². The average molecular weight is 300 g/mol. The zero-order chi connectivity index (χ0) is 14.8. The second-order valence-corrected chi connectivity index (χ2v) is 6.47. The number of imidazole rings is 1. The predicted octanol–water partition coefficient (Wildman–Crippen LogP) is 2.85. The molecule has 2 aromatic rings. The highest BCUT2D eigenvalue weighted by Crippen LogP contribution is 2.29. The Morgan fingerprint density at radius 3 is 2.77 bits per heavy atom. The summed E-state index contributed by atoms with van der Waals surface area (Å²) in [6.07, 6.45) is 8.69. The van der Waals surface area contributed by atoms with E-state index in [2.05, 4.69) is 20.5 Å². The van der Waals surface area contributed by atoms with Crippen molar-refractivity contribution in [2.45, 2.75) is 38.6 Å². The summed E-state index contributed by atoms with van der Waals surface area (Å²) in [5.74, 6) is 1.87. The molecule has 1 saturated heterocycles. The number of anilines is 1. The molecule has 5 nitrogen and oxygen atoms in total. The molecule has 0 bridgehead atoms. The van der Waals surface area contributed by atoms with Gasteiger partial charge in [0.25, 0.3) is 0 Å². The molecule has 1 aliphatic carbocycles. The lowest BCUT2D eigenvalue weighted by Gasteiger charge is -2.30. The zero-order valence-electron chi connectivity index (χ0n) is 13.1. The third-order valence-electron chi connectivity index (χ3n) is 4.96. The van der Waals surface area contributed by atoms with E-state index in [0.717, 1.165) is 50.4 Å². The molecule has 0 unspecified atom stereocenters. The van der Waals surface area contributed by atoms with Crippen molar-refractivity contribution < 1.29 is 4.74 Å². The summed E-state index contributed by atoms with van der Waals surface area (Å²) in [7, 11) is 0. The molecule has 2 fully saturated rings. The Morgan fingerprint density at radius 2 is 1.95 bits per heavy atom. The third kappa shape index (κ3) is 2.70. The van der Waals surface area contributed by atoms with Gasteiger partial charge in [-0.1, -0.05) is 19.3 Å². The molecule has 0 N–H and O–H groups in total. The molecule has 22 heavy (non-hydrogen) atoms. The van der Waals surface area contributed by atoms with Crippen LogP contribution in [0.15, 0.2) is 18.3 Å². The minimum atomic E-state index is 0.783. The maximum atomic E-state index is 5.49. The minimum absolute atomic E-state index is 0.783. The Morgan fingerprint density at radius 1 is 1.14 bits per heavy atom. The van der Waals surface area contributed by atoms with Gasteiger partial charge in [-0.05, 0) is 30.9 Å². The Kier molecular flexibility index (Phi) is 3.97. The van der Waals surface area contributed by atoms with Crippen LogP contribution in [0.4, 0.5) is 5.95 Å². The standard InChI is InChI=1S/C17H24N4O/c1-2-5-14(6-3-1)13-21-15-7-4-8-18-16(15)19-17(21)20-9-11-22-12-10-20/h4,7-8,14H,1-3,5-6,9-13H2. The first-order valence-electron chi connectivity index (χ1n) is 8.56. The SMILES string of the molecule is c1cnc2nc(N3CCOCC3)n(CC3CCCCC3)c2c1. The number of hydrogen-bond acceptors (Lipinski definition) is 4. The van der Waals surface area contributed by atoms with Crippen LogP contribution in [0.5, 0.6) is 0 Å². The van der Waals surface area contributed by atoms with Crippen LogP contribution in [0.3, 0.4) is 0 Å². The van der Waals surface area contributed by atoms with Crippen molar-refractivity contribution in [3.8, 4) is 0 Å². The third-order valence-corrected chi connectivity index (χ3v) is 4.96. The molecule has 2 aromatic heterocycles. The first-order chi connectivity index (χ1) is 10.9. The molecule has 3 heterocycles. The Hall–Kier alpha value is -1.62. The maximum absolute atomic E-state index is 5.49. The molecule has 1 aliphatic heterocycles. The Bertz CT molecular complexity index is 627. The summed E-state index contributed by atoms with van der Waals surface area (Å²) in [6.45, 7) is 4.51. The lowest BCUT2D eigenvalue weighted by molar-refractivity contribution is 0.121. The van der Waals surface area contributed by atoms with Crippen LogP contribution in [-0.2, 0) is 11.3 Å². The van der Waals surface area contributed by atoms with Crippen molar-refractivity contribution in [2.75, 3.05) is 31.2 Å². The van der Waals surface area contributed by atoms with E-state index in [9.17, 15) is 0 Å². The largest absolute Gasteiger partial charge is 0.378 e. The van der Waals surface area contributed by atoms with Gasteiger partial charge in [-0.25, -0.2) is 4.98 Å². The van der Waals surface area contributed by atoms with Crippen LogP contribution in [0.1, 0.15) is 32.1 Å². The maximum Gasteiger partial charge on any atom is 0.208 e. The van der Waals surface area contributed by atoms with Crippen LogP contribution < -0.4 is 4.90 Å². The lowest BCUT2D eigenvalue weighted by Crippen LogP contribution is -2.38. The van der Waals surface area contributed by atoms with Crippen LogP contribution >= 0.6 is 0 Å². The summed E-state index contributed by atoms with van der Waals surface area (Å²) in [5, 5.41) is 0. The van der Waals surface area contributed by atoms with Crippen molar-refractivity contribution in [3.05, 3.63) is 18.3 Å². The number of morpholine rings is 1. The van der Waals surface area contributed by atoms with Gasteiger partial charge in [0.15, 0.2) is 5.65 Å². The summed E-state index contributed by atoms with van der Waals surface area (Å²) in [5.41, 5.74) is 2.05. The quantitative estimate of drug-likeness (QED) is 0.874. The topological polar surface area (TPSA) is 43.2 Å². The van der Waals surface area contributed by atoms with Gasteiger partial charge < -0.3 is 14.2 Å². The number of ether oxygens (including phenoxy) is 1. The smallest absolute Gasteiger partial charge is 0.208 e. The number of rotatable bonds is 3. The fourth-order valence-corrected chi connectivity index (χ4v) is 3.76. The van der Waals surface area contributed by atoms with E-state index in [1.54, 1.807) is 0 Å². The second-order valence-electron chi connectivity index (χ2n) is 6.47.